The van der Waals surface area contributed by atoms with Crippen molar-refractivity contribution in [3.8, 4) is 0 Å². The molecule has 21 heavy (non-hydrogen) atoms. The van der Waals surface area contributed by atoms with Crippen LogP contribution in [-0.4, -0.2) is 42.9 Å². The van der Waals surface area contributed by atoms with E-state index < -0.39 is 6.10 Å². The van der Waals surface area contributed by atoms with Crippen molar-refractivity contribution in [2.45, 2.75) is 45.3 Å². The second-order valence-corrected chi connectivity index (χ2v) is 6.64. The molecule has 0 amide bonds. The minimum atomic E-state index is -0.419. The fraction of sp³-hybridized carbons (Fsp3) is 0.667. The summed E-state index contributed by atoms with van der Waals surface area (Å²) in [6, 6.07) is 8.36. The normalized spacial score (nSPS) is 25.2. The van der Waals surface area contributed by atoms with E-state index >= 15 is 0 Å². The van der Waals surface area contributed by atoms with Gasteiger partial charge in [0.1, 0.15) is 0 Å². The molecule has 1 aromatic rings. The predicted octanol–water partition coefficient (Wildman–Crippen LogP) is 3.20. The molecule has 0 saturated carbocycles. The Balaban J connectivity index is 1.93. The van der Waals surface area contributed by atoms with Crippen LogP contribution >= 0.6 is 0 Å². The summed E-state index contributed by atoms with van der Waals surface area (Å²) < 4.78 is 5.54. The van der Waals surface area contributed by atoms with E-state index in [9.17, 15) is 5.11 Å². The lowest BCUT2D eigenvalue weighted by atomic mass is 9.95. The van der Waals surface area contributed by atoms with E-state index in [-0.39, 0.29) is 6.10 Å². The van der Waals surface area contributed by atoms with Crippen LogP contribution in [0, 0.1) is 5.92 Å². The summed E-state index contributed by atoms with van der Waals surface area (Å²) in [6.07, 6.45) is 1.00. The van der Waals surface area contributed by atoms with E-state index in [1.807, 2.05) is 0 Å². The number of piperidine rings is 1. The molecule has 1 saturated heterocycles. The molecule has 1 aromatic carbocycles. The Morgan fingerprint density at radius 2 is 1.86 bits per heavy atom. The van der Waals surface area contributed by atoms with Gasteiger partial charge in [0.25, 0.3) is 0 Å². The van der Waals surface area contributed by atoms with Crippen LogP contribution in [0.2, 0.25) is 0 Å². The average Bonchev–Trinajstić information content (AvgIpc) is 2.49. The van der Waals surface area contributed by atoms with Gasteiger partial charge in [-0.25, -0.2) is 0 Å². The largest absolute Gasteiger partial charge is 0.387 e. The molecule has 1 aliphatic heterocycles. The molecule has 1 fully saturated rings. The van der Waals surface area contributed by atoms with Crippen molar-refractivity contribution in [2.24, 2.45) is 5.92 Å². The molecule has 3 atom stereocenters. The van der Waals surface area contributed by atoms with Crippen molar-refractivity contribution >= 4 is 0 Å². The van der Waals surface area contributed by atoms with Gasteiger partial charge in [-0.2, -0.15) is 0 Å². The van der Waals surface area contributed by atoms with Gasteiger partial charge in [-0.3, -0.25) is 4.90 Å². The van der Waals surface area contributed by atoms with Crippen LogP contribution in [0.25, 0.3) is 0 Å². The van der Waals surface area contributed by atoms with Crippen LogP contribution in [0.3, 0.4) is 0 Å². The number of ether oxygens (including phenoxy) is 1. The molecule has 0 bridgehead atoms. The highest BCUT2D eigenvalue weighted by Crippen LogP contribution is 2.23. The number of hydrogen-bond donors (Lipinski definition) is 1. The number of hydrogen-bond acceptors (Lipinski definition) is 3. The Hall–Kier alpha value is -0.900. The zero-order chi connectivity index (χ0) is 15.4. The van der Waals surface area contributed by atoms with Crippen LogP contribution in [0.15, 0.2) is 24.3 Å². The summed E-state index contributed by atoms with van der Waals surface area (Å²) in [4.78, 5) is 2.31. The zero-order valence-corrected chi connectivity index (χ0v) is 13.7. The molecule has 0 aliphatic carbocycles. The van der Waals surface area contributed by atoms with E-state index in [2.05, 4.69) is 49.9 Å². The van der Waals surface area contributed by atoms with Crippen LogP contribution in [0.5, 0.6) is 0 Å². The first-order valence-corrected chi connectivity index (χ1v) is 8.04. The van der Waals surface area contributed by atoms with E-state index in [0.29, 0.717) is 18.4 Å². The number of benzene rings is 1. The van der Waals surface area contributed by atoms with E-state index in [1.54, 1.807) is 7.11 Å². The number of aliphatic hydroxyl groups is 1. The Morgan fingerprint density at radius 3 is 2.43 bits per heavy atom. The second kappa shape index (κ2) is 7.39. The Labute approximate surface area is 128 Å². The summed E-state index contributed by atoms with van der Waals surface area (Å²) >= 11 is 0. The smallest absolute Gasteiger partial charge is 0.0916 e. The number of aliphatic hydroxyl groups excluding tert-OH is 1. The lowest BCUT2D eigenvalue weighted by Crippen LogP contribution is -2.45. The first-order chi connectivity index (χ1) is 10.0. The van der Waals surface area contributed by atoms with Gasteiger partial charge in [0.15, 0.2) is 0 Å². The van der Waals surface area contributed by atoms with Gasteiger partial charge in [-0.15, -0.1) is 0 Å². The van der Waals surface area contributed by atoms with E-state index in [1.165, 1.54) is 5.56 Å². The fourth-order valence-electron chi connectivity index (χ4n) is 3.02. The molecule has 3 nitrogen and oxygen atoms in total. The Kier molecular flexibility index (Phi) is 5.80. The average molecular weight is 291 g/mol. The van der Waals surface area contributed by atoms with Crippen LogP contribution in [0.4, 0.5) is 0 Å². The highest BCUT2D eigenvalue weighted by atomic mass is 16.5. The minimum Gasteiger partial charge on any atom is -0.387 e. The molecule has 0 aromatic heterocycles. The van der Waals surface area contributed by atoms with Crippen molar-refractivity contribution in [3.05, 3.63) is 35.4 Å². The molecular formula is C18H29NO2. The predicted molar refractivity (Wildman–Crippen MR) is 86.5 cm³/mol. The molecule has 1 N–H and O–H groups in total. The van der Waals surface area contributed by atoms with Gasteiger partial charge in [0.05, 0.1) is 12.2 Å². The number of rotatable bonds is 5. The van der Waals surface area contributed by atoms with Crippen molar-refractivity contribution in [1.29, 1.82) is 0 Å². The molecule has 1 aliphatic rings. The lowest BCUT2D eigenvalue weighted by molar-refractivity contribution is -0.0180. The van der Waals surface area contributed by atoms with Gasteiger partial charge in [-0.05, 0) is 35.9 Å². The third kappa shape index (κ3) is 4.29. The molecule has 2 rings (SSSR count). The van der Waals surface area contributed by atoms with Gasteiger partial charge in [0, 0.05) is 20.2 Å². The number of nitrogens with zero attached hydrogens (tertiary/aromatic N) is 1. The van der Waals surface area contributed by atoms with Gasteiger partial charge in [-0.1, -0.05) is 45.0 Å². The molecule has 0 radical (unpaired) electrons. The first-order valence-electron chi connectivity index (χ1n) is 8.04. The summed E-state index contributed by atoms with van der Waals surface area (Å²) in [6.45, 7) is 9.26. The summed E-state index contributed by atoms with van der Waals surface area (Å²) in [5.41, 5.74) is 2.32. The molecule has 3 unspecified atom stereocenters. The maximum absolute atomic E-state index is 10.4. The van der Waals surface area contributed by atoms with E-state index in [4.69, 9.17) is 4.74 Å². The summed E-state index contributed by atoms with van der Waals surface area (Å²) in [5.74, 6) is 1.14. The molecule has 0 spiro atoms. The first kappa shape index (κ1) is 16.5. The van der Waals surface area contributed by atoms with Crippen LogP contribution in [-0.2, 0) is 4.74 Å². The number of β-amino-alcohol motifs (C(OH)–C–C–N with tert-alkyl or cyclic N) is 1. The Bertz CT molecular complexity index is 429. The number of likely N-dealkylation sites (tertiary alicyclic amines) is 1. The SMILES string of the molecule is COC1CN(CC(O)c2ccc(C(C)C)cc2)CCC1C. The maximum atomic E-state index is 10.4. The zero-order valence-electron chi connectivity index (χ0n) is 13.7. The minimum absolute atomic E-state index is 0.286. The standard InChI is InChI=1S/C18H29NO2/c1-13(2)15-5-7-16(8-6-15)17(20)11-19-10-9-14(3)18(12-19)21-4/h5-8,13-14,17-18,20H,9-12H2,1-4H3. The van der Waals surface area contributed by atoms with Crippen molar-refractivity contribution in [1.82, 2.24) is 4.90 Å². The third-order valence-corrected chi connectivity index (χ3v) is 4.70. The fourth-order valence-corrected chi connectivity index (χ4v) is 3.02. The quantitative estimate of drug-likeness (QED) is 0.904. The van der Waals surface area contributed by atoms with E-state index in [0.717, 1.165) is 25.1 Å². The monoisotopic (exact) mass is 291 g/mol. The van der Waals surface area contributed by atoms with Crippen molar-refractivity contribution < 1.29 is 9.84 Å². The van der Waals surface area contributed by atoms with Gasteiger partial charge in [0.2, 0.25) is 0 Å². The number of methoxy groups -OCH3 is 1. The summed E-state index contributed by atoms with van der Waals surface area (Å²) in [7, 11) is 1.78. The highest BCUT2D eigenvalue weighted by Gasteiger charge is 2.27. The molecule has 3 heteroatoms. The third-order valence-electron chi connectivity index (χ3n) is 4.70. The molecule has 1 heterocycles. The van der Waals surface area contributed by atoms with Gasteiger partial charge < -0.3 is 9.84 Å². The van der Waals surface area contributed by atoms with Crippen LogP contribution < -0.4 is 0 Å². The maximum Gasteiger partial charge on any atom is 0.0916 e. The molecule has 118 valence electrons. The topological polar surface area (TPSA) is 32.7 Å². The molecular weight excluding hydrogens is 262 g/mol. The van der Waals surface area contributed by atoms with Gasteiger partial charge >= 0.3 is 0 Å². The lowest BCUT2D eigenvalue weighted by Gasteiger charge is -2.37. The van der Waals surface area contributed by atoms with Crippen molar-refractivity contribution in [3.63, 3.8) is 0 Å². The Morgan fingerprint density at radius 1 is 1.24 bits per heavy atom. The van der Waals surface area contributed by atoms with Crippen molar-refractivity contribution in [2.75, 3.05) is 26.7 Å². The second-order valence-electron chi connectivity index (χ2n) is 6.64. The summed E-state index contributed by atoms with van der Waals surface area (Å²) in [5, 5.41) is 10.4. The van der Waals surface area contributed by atoms with Crippen LogP contribution in [0.1, 0.15) is 50.3 Å². The highest BCUT2D eigenvalue weighted by molar-refractivity contribution is 5.26.